The van der Waals surface area contributed by atoms with E-state index in [1.165, 1.54) is 25.3 Å². The topological polar surface area (TPSA) is 104 Å². The van der Waals surface area contributed by atoms with E-state index >= 15 is 0 Å². The third-order valence-electron chi connectivity index (χ3n) is 4.13. The molecule has 7 nitrogen and oxygen atoms in total. The minimum Gasteiger partial charge on any atom is -0.478 e. The van der Waals surface area contributed by atoms with Crippen LogP contribution in [0.3, 0.4) is 0 Å². The molecule has 1 heterocycles. The highest BCUT2D eigenvalue weighted by Crippen LogP contribution is 2.27. The average Bonchev–Trinajstić information content (AvgIpc) is 2.69. The van der Waals surface area contributed by atoms with Crippen LogP contribution in [0, 0.1) is 0 Å². The lowest BCUT2D eigenvalue weighted by atomic mass is 10.1. The molecule has 1 amide bonds. The van der Waals surface area contributed by atoms with Crippen molar-refractivity contribution in [2.75, 3.05) is 10.6 Å². The van der Waals surface area contributed by atoms with Gasteiger partial charge in [-0.05, 0) is 24.6 Å². The SMILES string of the molecule is CC(=O)Nc1ncc(-c2cccc(C(=O)O)c2)nc1N[C@H](C)c1ccccc1. The molecule has 0 radical (unpaired) electrons. The second-order valence-corrected chi connectivity index (χ2v) is 6.30. The van der Waals surface area contributed by atoms with Crippen molar-refractivity contribution in [3.63, 3.8) is 0 Å². The number of carbonyl (C=O) groups excluding carboxylic acids is 1. The normalized spacial score (nSPS) is 11.5. The molecule has 0 bridgehead atoms. The molecule has 1 aromatic heterocycles. The first kappa shape index (κ1) is 19.0. The van der Waals surface area contributed by atoms with Gasteiger partial charge in [-0.15, -0.1) is 0 Å². The predicted octanol–water partition coefficient (Wildman–Crippen LogP) is 3.97. The maximum Gasteiger partial charge on any atom is 0.335 e. The number of carboxylic acid groups (broad SMARTS) is 1. The molecule has 142 valence electrons. The minimum absolute atomic E-state index is 0.0800. The maximum absolute atomic E-state index is 11.5. The van der Waals surface area contributed by atoms with Gasteiger partial charge in [0.15, 0.2) is 11.6 Å². The van der Waals surface area contributed by atoms with Crippen LogP contribution >= 0.6 is 0 Å². The van der Waals surface area contributed by atoms with Crippen LogP contribution in [0.25, 0.3) is 11.3 Å². The van der Waals surface area contributed by atoms with E-state index in [0.29, 0.717) is 22.9 Å². The van der Waals surface area contributed by atoms with Crippen molar-refractivity contribution in [3.8, 4) is 11.3 Å². The van der Waals surface area contributed by atoms with Crippen molar-refractivity contribution in [1.82, 2.24) is 9.97 Å². The van der Waals surface area contributed by atoms with E-state index in [2.05, 4.69) is 20.6 Å². The van der Waals surface area contributed by atoms with Crippen LogP contribution in [0.4, 0.5) is 11.6 Å². The molecule has 7 heteroatoms. The minimum atomic E-state index is -1.01. The highest BCUT2D eigenvalue weighted by molar-refractivity contribution is 5.91. The molecule has 28 heavy (non-hydrogen) atoms. The number of aromatic nitrogens is 2. The lowest BCUT2D eigenvalue weighted by molar-refractivity contribution is -0.114. The number of hydrogen-bond acceptors (Lipinski definition) is 5. The number of nitrogens with one attached hydrogen (secondary N) is 2. The molecule has 0 unspecified atom stereocenters. The molecule has 0 fully saturated rings. The van der Waals surface area contributed by atoms with E-state index in [9.17, 15) is 14.7 Å². The van der Waals surface area contributed by atoms with Gasteiger partial charge in [-0.2, -0.15) is 0 Å². The average molecular weight is 376 g/mol. The van der Waals surface area contributed by atoms with Gasteiger partial charge in [-0.3, -0.25) is 4.79 Å². The molecule has 2 aromatic carbocycles. The zero-order valence-corrected chi connectivity index (χ0v) is 15.5. The van der Waals surface area contributed by atoms with Gasteiger partial charge in [0, 0.05) is 12.5 Å². The second kappa shape index (κ2) is 8.30. The summed E-state index contributed by atoms with van der Waals surface area (Å²) in [4.78, 5) is 31.6. The molecule has 3 rings (SSSR count). The quantitative estimate of drug-likeness (QED) is 0.601. The number of nitrogens with zero attached hydrogens (tertiary/aromatic N) is 2. The van der Waals surface area contributed by atoms with Gasteiger partial charge in [0.25, 0.3) is 0 Å². The second-order valence-electron chi connectivity index (χ2n) is 6.30. The molecule has 3 aromatic rings. The fourth-order valence-corrected chi connectivity index (χ4v) is 2.73. The van der Waals surface area contributed by atoms with E-state index < -0.39 is 5.97 Å². The highest BCUT2D eigenvalue weighted by Gasteiger charge is 2.14. The standard InChI is InChI=1S/C21H20N4O3/c1-13(15-7-4-3-5-8-15)23-20-19(24-14(2)26)22-12-18(25-20)16-9-6-10-17(11-16)21(27)28/h3-13H,1-2H3,(H,23,25)(H,27,28)(H,22,24,26)/t13-/m1/s1. The molecule has 1 atom stereocenters. The van der Waals surface area contributed by atoms with E-state index in [1.54, 1.807) is 12.1 Å². The van der Waals surface area contributed by atoms with Gasteiger partial charge in [0.2, 0.25) is 5.91 Å². The van der Waals surface area contributed by atoms with Crippen LogP contribution in [0.1, 0.15) is 35.8 Å². The van der Waals surface area contributed by atoms with Gasteiger partial charge in [-0.1, -0.05) is 42.5 Å². The van der Waals surface area contributed by atoms with Gasteiger partial charge in [-0.25, -0.2) is 14.8 Å². The molecule has 0 saturated heterocycles. The van der Waals surface area contributed by atoms with Crippen molar-refractivity contribution >= 4 is 23.5 Å². The van der Waals surface area contributed by atoms with Crippen LogP contribution in [-0.4, -0.2) is 27.0 Å². The Balaban J connectivity index is 1.98. The Hall–Kier alpha value is -3.74. The van der Waals surface area contributed by atoms with Gasteiger partial charge in [0.05, 0.1) is 23.5 Å². The number of amides is 1. The van der Waals surface area contributed by atoms with Gasteiger partial charge < -0.3 is 15.7 Å². The highest BCUT2D eigenvalue weighted by atomic mass is 16.4. The molecular formula is C21H20N4O3. The summed E-state index contributed by atoms with van der Waals surface area (Å²) >= 11 is 0. The van der Waals surface area contributed by atoms with Crippen LogP contribution in [-0.2, 0) is 4.79 Å². The monoisotopic (exact) mass is 376 g/mol. The zero-order valence-electron chi connectivity index (χ0n) is 15.5. The zero-order chi connectivity index (χ0) is 20.1. The lowest BCUT2D eigenvalue weighted by Crippen LogP contribution is -2.15. The molecule has 0 saturated carbocycles. The third kappa shape index (κ3) is 4.50. The number of benzene rings is 2. The summed E-state index contributed by atoms with van der Waals surface area (Å²) < 4.78 is 0. The first-order chi connectivity index (χ1) is 13.4. The summed E-state index contributed by atoms with van der Waals surface area (Å²) in [6, 6.07) is 16.2. The summed E-state index contributed by atoms with van der Waals surface area (Å²) in [6.07, 6.45) is 1.50. The number of hydrogen-bond donors (Lipinski definition) is 3. The Bertz CT molecular complexity index is 1010. The van der Waals surface area contributed by atoms with Crippen molar-refractivity contribution < 1.29 is 14.7 Å². The molecular weight excluding hydrogens is 356 g/mol. The predicted molar refractivity (Wildman–Crippen MR) is 107 cm³/mol. The first-order valence-corrected chi connectivity index (χ1v) is 8.74. The van der Waals surface area contributed by atoms with Crippen LogP contribution in [0.5, 0.6) is 0 Å². The Labute approximate surface area is 162 Å². The number of aromatic carboxylic acids is 1. The Morgan fingerprint density at radius 1 is 1.04 bits per heavy atom. The number of carbonyl (C=O) groups is 2. The molecule has 0 spiro atoms. The van der Waals surface area contributed by atoms with Gasteiger partial charge >= 0.3 is 5.97 Å². The fourth-order valence-electron chi connectivity index (χ4n) is 2.73. The smallest absolute Gasteiger partial charge is 0.335 e. The van der Waals surface area contributed by atoms with Crippen LogP contribution < -0.4 is 10.6 Å². The van der Waals surface area contributed by atoms with E-state index in [0.717, 1.165) is 5.56 Å². The fraction of sp³-hybridized carbons (Fsp3) is 0.143. The van der Waals surface area contributed by atoms with Crippen LogP contribution in [0.15, 0.2) is 60.8 Å². The lowest BCUT2D eigenvalue weighted by Gasteiger charge is -2.18. The Morgan fingerprint density at radius 2 is 1.79 bits per heavy atom. The number of rotatable bonds is 6. The summed E-state index contributed by atoms with van der Waals surface area (Å²) in [6.45, 7) is 3.38. The summed E-state index contributed by atoms with van der Waals surface area (Å²) in [7, 11) is 0. The summed E-state index contributed by atoms with van der Waals surface area (Å²) in [5.74, 6) is -0.552. The molecule has 0 aliphatic rings. The summed E-state index contributed by atoms with van der Waals surface area (Å²) in [5.41, 5.74) is 2.34. The first-order valence-electron chi connectivity index (χ1n) is 8.74. The van der Waals surface area contributed by atoms with Crippen molar-refractivity contribution in [2.45, 2.75) is 19.9 Å². The van der Waals surface area contributed by atoms with Crippen LogP contribution in [0.2, 0.25) is 0 Å². The van der Waals surface area contributed by atoms with E-state index in [-0.39, 0.29) is 17.5 Å². The van der Waals surface area contributed by atoms with Crippen molar-refractivity contribution in [1.29, 1.82) is 0 Å². The number of anilines is 2. The van der Waals surface area contributed by atoms with E-state index in [4.69, 9.17) is 0 Å². The van der Waals surface area contributed by atoms with E-state index in [1.807, 2.05) is 37.3 Å². The Morgan fingerprint density at radius 3 is 2.46 bits per heavy atom. The van der Waals surface area contributed by atoms with Crippen molar-refractivity contribution in [3.05, 3.63) is 71.9 Å². The third-order valence-corrected chi connectivity index (χ3v) is 4.13. The maximum atomic E-state index is 11.5. The molecule has 0 aliphatic heterocycles. The van der Waals surface area contributed by atoms with Crippen molar-refractivity contribution in [2.24, 2.45) is 0 Å². The molecule has 0 aliphatic carbocycles. The summed E-state index contributed by atoms with van der Waals surface area (Å²) in [5, 5.41) is 15.1. The number of carboxylic acids is 1. The van der Waals surface area contributed by atoms with Gasteiger partial charge in [0.1, 0.15) is 0 Å². The molecule has 3 N–H and O–H groups in total. The largest absolute Gasteiger partial charge is 0.478 e. The Kier molecular flexibility index (Phi) is 5.64.